The molecule has 1 amide bonds. The van der Waals surface area contributed by atoms with E-state index in [0.29, 0.717) is 37.5 Å². The lowest BCUT2D eigenvalue weighted by Crippen LogP contribution is -2.75. The SMILES string of the molecule is CCOC(=O)N1CC[C@]23c4c5ccc(OCc6ccccc6)c4O[C@H]2C(=O)C=C[C@@]3(O)C1C5. The third-order valence-electron chi connectivity index (χ3n) is 7.60. The summed E-state index contributed by atoms with van der Waals surface area (Å²) in [7, 11) is 0. The molecular formula is C26H25NO6. The Hall–Kier alpha value is -3.32. The van der Waals surface area contributed by atoms with Crippen LogP contribution in [0.2, 0.25) is 0 Å². The lowest BCUT2D eigenvalue weighted by Gasteiger charge is -2.60. The minimum absolute atomic E-state index is 0.180. The number of hydrogen-bond acceptors (Lipinski definition) is 6. The molecular weight excluding hydrogens is 422 g/mol. The normalized spacial score (nSPS) is 30.5. The molecule has 2 aromatic carbocycles. The molecule has 2 aliphatic heterocycles. The summed E-state index contributed by atoms with van der Waals surface area (Å²) in [5, 5.41) is 12.1. The average Bonchev–Trinajstić information content (AvgIpc) is 3.17. The molecule has 1 N–H and O–H groups in total. The Balaban J connectivity index is 1.46. The van der Waals surface area contributed by atoms with Crippen molar-refractivity contribution in [1.29, 1.82) is 0 Å². The Morgan fingerprint density at radius 2 is 2.06 bits per heavy atom. The van der Waals surface area contributed by atoms with Gasteiger partial charge in [-0.25, -0.2) is 4.79 Å². The van der Waals surface area contributed by atoms with Crippen molar-refractivity contribution in [2.24, 2.45) is 0 Å². The van der Waals surface area contributed by atoms with Crippen LogP contribution in [0.15, 0.2) is 54.6 Å². The number of benzene rings is 2. The van der Waals surface area contributed by atoms with Crippen LogP contribution < -0.4 is 9.47 Å². The quantitative estimate of drug-likeness (QED) is 0.776. The van der Waals surface area contributed by atoms with Crippen molar-refractivity contribution < 1.29 is 28.9 Å². The summed E-state index contributed by atoms with van der Waals surface area (Å²) in [5.74, 6) is 0.913. The van der Waals surface area contributed by atoms with E-state index in [2.05, 4.69) is 0 Å². The largest absolute Gasteiger partial charge is 0.485 e. The molecule has 170 valence electrons. The van der Waals surface area contributed by atoms with E-state index in [1.165, 1.54) is 6.08 Å². The van der Waals surface area contributed by atoms with E-state index in [1.807, 2.05) is 42.5 Å². The van der Waals surface area contributed by atoms with Crippen molar-refractivity contribution in [3.05, 3.63) is 71.3 Å². The lowest BCUT2D eigenvalue weighted by molar-refractivity contribution is -0.150. The molecule has 4 aliphatic rings. The number of carbonyl (C=O) groups excluding carboxylic acids is 2. The van der Waals surface area contributed by atoms with Crippen LogP contribution >= 0.6 is 0 Å². The van der Waals surface area contributed by atoms with Gasteiger partial charge in [0, 0.05) is 12.1 Å². The van der Waals surface area contributed by atoms with Crippen LogP contribution in [0.5, 0.6) is 11.5 Å². The van der Waals surface area contributed by atoms with Crippen molar-refractivity contribution in [1.82, 2.24) is 4.90 Å². The van der Waals surface area contributed by atoms with E-state index in [-0.39, 0.29) is 12.4 Å². The molecule has 2 heterocycles. The number of likely N-dealkylation sites (tertiary alicyclic amines) is 1. The number of ether oxygens (including phenoxy) is 3. The molecule has 0 radical (unpaired) electrons. The summed E-state index contributed by atoms with van der Waals surface area (Å²) in [6.07, 6.45) is 2.49. The number of piperidine rings is 1. The first-order valence-electron chi connectivity index (χ1n) is 11.4. The van der Waals surface area contributed by atoms with Crippen LogP contribution in [-0.4, -0.2) is 52.8 Å². The highest BCUT2D eigenvalue weighted by atomic mass is 16.6. The predicted octanol–water partition coefficient (Wildman–Crippen LogP) is 2.92. The van der Waals surface area contributed by atoms with Crippen LogP contribution in [0.1, 0.15) is 30.0 Å². The van der Waals surface area contributed by atoms with Gasteiger partial charge < -0.3 is 24.2 Å². The van der Waals surface area contributed by atoms with Crippen LogP contribution in [0, 0.1) is 0 Å². The lowest BCUT2D eigenvalue weighted by atomic mass is 9.51. The van der Waals surface area contributed by atoms with Gasteiger partial charge >= 0.3 is 6.09 Å². The van der Waals surface area contributed by atoms with Crippen molar-refractivity contribution in [2.75, 3.05) is 13.2 Å². The molecule has 33 heavy (non-hydrogen) atoms. The van der Waals surface area contributed by atoms with E-state index < -0.39 is 29.3 Å². The Kier molecular flexibility index (Phi) is 4.36. The maximum atomic E-state index is 13.0. The Morgan fingerprint density at radius 3 is 2.85 bits per heavy atom. The molecule has 0 saturated carbocycles. The summed E-state index contributed by atoms with van der Waals surface area (Å²) >= 11 is 0. The van der Waals surface area contributed by atoms with Gasteiger partial charge in [0.25, 0.3) is 0 Å². The highest BCUT2D eigenvalue weighted by Crippen LogP contribution is 2.63. The summed E-state index contributed by atoms with van der Waals surface area (Å²) in [4.78, 5) is 27.3. The van der Waals surface area contributed by atoms with Gasteiger partial charge in [0.2, 0.25) is 0 Å². The summed E-state index contributed by atoms with van der Waals surface area (Å²) < 4.78 is 17.7. The average molecular weight is 447 g/mol. The first kappa shape index (κ1) is 20.3. The van der Waals surface area contributed by atoms with E-state index >= 15 is 0 Å². The zero-order chi connectivity index (χ0) is 22.8. The molecule has 0 aromatic heterocycles. The molecule has 1 saturated heterocycles. The molecule has 7 nitrogen and oxygen atoms in total. The minimum Gasteiger partial charge on any atom is -0.485 e. The Labute approximate surface area is 191 Å². The molecule has 2 aliphatic carbocycles. The van der Waals surface area contributed by atoms with Crippen molar-refractivity contribution in [3.8, 4) is 11.5 Å². The Morgan fingerprint density at radius 1 is 1.24 bits per heavy atom. The molecule has 1 spiro atoms. The molecule has 2 bridgehead atoms. The first-order chi connectivity index (χ1) is 16.0. The van der Waals surface area contributed by atoms with E-state index in [9.17, 15) is 14.7 Å². The zero-order valence-electron chi connectivity index (χ0n) is 18.3. The van der Waals surface area contributed by atoms with Gasteiger partial charge in [-0.2, -0.15) is 0 Å². The molecule has 1 fully saturated rings. The second-order valence-corrected chi connectivity index (χ2v) is 9.09. The minimum atomic E-state index is -1.44. The van der Waals surface area contributed by atoms with Crippen molar-refractivity contribution in [2.45, 2.75) is 49.5 Å². The van der Waals surface area contributed by atoms with Crippen LogP contribution in [-0.2, 0) is 28.0 Å². The first-order valence-corrected chi connectivity index (χ1v) is 11.4. The standard InChI is InChI=1S/C26H25NO6/c1-2-31-24(29)27-13-12-25-21-17-8-9-19(32-15-16-6-4-3-5-7-16)22(21)33-23(25)18(28)10-11-26(25,30)20(27)14-17/h3-11,20,23,30H,2,12-15H2,1H3/t20?,23-,25-,26+/m0/s1. The highest BCUT2D eigenvalue weighted by molar-refractivity contribution is 5.99. The van der Waals surface area contributed by atoms with Crippen LogP contribution in [0.3, 0.4) is 0 Å². The molecule has 2 aromatic rings. The second-order valence-electron chi connectivity index (χ2n) is 9.09. The molecule has 7 heteroatoms. The van der Waals surface area contributed by atoms with Gasteiger partial charge in [-0.3, -0.25) is 4.79 Å². The van der Waals surface area contributed by atoms with E-state index in [1.54, 1.807) is 17.9 Å². The van der Waals surface area contributed by atoms with Crippen LogP contribution in [0.4, 0.5) is 4.79 Å². The fourth-order valence-electron chi connectivity index (χ4n) is 6.19. The molecule has 6 rings (SSSR count). The zero-order valence-corrected chi connectivity index (χ0v) is 18.3. The van der Waals surface area contributed by atoms with Gasteiger partial charge in [0.15, 0.2) is 23.4 Å². The molecule has 4 atom stereocenters. The summed E-state index contributed by atoms with van der Waals surface area (Å²) in [6, 6.07) is 13.1. The number of hydrogen-bond donors (Lipinski definition) is 1. The monoisotopic (exact) mass is 447 g/mol. The van der Waals surface area contributed by atoms with Gasteiger partial charge in [-0.05, 0) is 49.1 Å². The van der Waals surface area contributed by atoms with Crippen molar-refractivity contribution >= 4 is 11.9 Å². The smallest absolute Gasteiger partial charge is 0.410 e. The van der Waals surface area contributed by atoms with E-state index in [0.717, 1.165) is 16.7 Å². The number of aliphatic hydroxyl groups is 1. The van der Waals surface area contributed by atoms with E-state index in [4.69, 9.17) is 14.2 Å². The summed E-state index contributed by atoms with van der Waals surface area (Å²) in [5.41, 5.74) is 0.437. The van der Waals surface area contributed by atoms with Gasteiger partial charge in [-0.1, -0.05) is 36.4 Å². The number of ketones is 1. The van der Waals surface area contributed by atoms with Gasteiger partial charge in [0.05, 0.1) is 18.1 Å². The van der Waals surface area contributed by atoms with Crippen molar-refractivity contribution in [3.63, 3.8) is 0 Å². The molecule has 1 unspecified atom stereocenters. The second kappa shape index (κ2) is 7.09. The number of rotatable bonds is 4. The third-order valence-corrected chi connectivity index (χ3v) is 7.60. The van der Waals surface area contributed by atoms with Gasteiger partial charge in [-0.15, -0.1) is 0 Å². The summed E-state index contributed by atoms with van der Waals surface area (Å²) in [6.45, 7) is 2.76. The van der Waals surface area contributed by atoms with Crippen LogP contribution in [0.25, 0.3) is 0 Å². The number of nitrogens with zero attached hydrogens (tertiary/aromatic N) is 1. The maximum absolute atomic E-state index is 13.0. The number of amides is 1. The highest BCUT2D eigenvalue weighted by Gasteiger charge is 2.72. The third kappa shape index (κ3) is 2.60. The fourth-order valence-corrected chi connectivity index (χ4v) is 6.19. The fraction of sp³-hybridized carbons (Fsp3) is 0.385. The topological polar surface area (TPSA) is 85.3 Å². The Bertz CT molecular complexity index is 1180. The number of carbonyl (C=O) groups is 2. The maximum Gasteiger partial charge on any atom is 0.410 e. The van der Waals surface area contributed by atoms with Gasteiger partial charge in [0.1, 0.15) is 12.2 Å². The predicted molar refractivity (Wildman–Crippen MR) is 118 cm³/mol.